The van der Waals surface area contributed by atoms with Crippen molar-refractivity contribution in [3.63, 3.8) is 0 Å². The lowest BCUT2D eigenvalue weighted by Gasteiger charge is -1.76. The third kappa shape index (κ3) is 5.08. The predicted molar refractivity (Wildman–Crippen MR) is 35.8 cm³/mol. The molecule has 3 heteroatoms. The predicted octanol–water partition coefficient (Wildman–Crippen LogP) is 1.52. The van der Waals surface area contributed by atoms with Crippen LogP contribution in [0.5, 0.6) is 0 Å². The van der Waals surface area contributed by atoms with Crippen molar-refractivity contribution < 1.29 is 0 Å². The summed E-state index contributed by atoms with van der Waals surface area (Å²) in [5, 5.41) is 0. The Morgan fingerprint density at radius 2 is 1.80 bits per heavy atom. The minimum Gasteiger partial charge on any atom is -0.165 e. The molecule has 0 saturated heterocycles. The Hall–Kier alpha value is 1.08. The maximum atomic E-state index is 2.68. The van der Waals surface area contributed by atoms with Gasteiger partial charge < -0.3 is 0 Å². The van der Waals surface area contributed by atoms with E-state index in [0.717, 1.165) is 0 Å². The number of hydrogen-bond donors (Lipinski definition) is 0. The van der Waals surface area contributed by atoms with Gasteiger partial charge in [0.05, 0.1) is 0 Å². The summed E-state index contributed by atoms with van der Waals surface area (Å²) in [6.07, 6.45) is 4.43. The van der Waals surface area contributed by atoms with Crippen LogP contribution in [0.15, 0.2) is 0 Å². The average Bonchev–Trinajstić information content (AvgIpc) is 1.38. The van der Waals surface area contributed by atoms with Crippen LogP contribution in [0.3, 0.4) is 0 Å². The number of rotatable bonds is 0. The minimum absolute atomic E-state index is 0.613. The third-order valence-corrected chi connectivity index (χ3v) is 5.69. The fraction of sp³-hybridized carbons (Fsp3) is 1.00. The molecule has 0 rings (SSSR count). The molecule has 0 spiro atoms. The van der Waals surface area contributed by atoms with Crippen LogP contribution in [-0.2, 0) is 10.1 Å². The fourth-order valence-electron chi connectivity index (χ4n) is 0. The van der Waals surface area contributed by atoms with Crippen LogP contribution in [0.4, 0.5) is 0 Å². The van der Waals surface area contributed by atoms with Crippen molar-refractivity contribution in [3.05, 3.63) is 0 Å². The molecule has 0 nitrogen and oxygen atoms in total. The average molecular weight is 126 g/mol. The lowest BCUT2D eigenvalue weighted by molar-refractivity contribution is 2.35. The van der Waals surface area contributed by atoms with Crippen LogP contribution < -0.4 is 0 Å². The van der Waals surface area contributed by atoms with Gasteiger partial charge >= 0.3 is 0 Å². The molecule has 5 heavy (non-hydrogen) atoms. The van der Waals surface area contributed by atoms with Crippen molar-refractivity contribution >= 4 is 26.0 Å². The van der Waals surface area contributed by atoms with Crippen molar-refractivity contribution in [2.45, 2.75) is 0 Å². The van der Waals surface area contributed by atoms with Crippen molar-refractivity contribution in [1.82, 2.24) is 0 Å². The molecule has 0 aromatic carbocycles. The van der Waals surface area contributed by atoms with E-state index in [0.29, 0.717) is 10.1 Å². The lowest BCUT2D eigenvalue weighted by Crippen LogP contribution is -1.64. The zero-order valence-corrected chi connectivity index (χ0v) is 6.30. The molecule has 0 aromatic rings. The van der Waals surface area contributed by atoms with Gasteiger partial charge in [0.1, 0.15) is 0 Å². The highest BCUT2D eigenvalue weighted by atomic mass is 32.6. The second-order valence-electron chi connectivity index (χ2n) is 0.879. The normalized spacial score (nSPS) is 10.4. The van der Waals surface area contributed by atoms with Gasteiger partial charge in [-0.25, -0.2) is 0 Å². The van der Waals surface area contributed by atoms with Gasteiger partial charge in [-0.05, 0) is 12.5 Å². The van der Waals surface area contributed by atoms with E-state index >= 15 is 0 Å². The highest BCUT2D eigenvalue weighted by molar-refractivity contribution is 8.37. The lowest BCUT2D eigenvalue weighted by atomic mass is 11.9. The molecule has 1 unspecified atom stereocenters. The van der Waals surface area contributed by atoms with Crippen LogP contribution in [0.1, 0.15) is 0 Å². The third-order valence-electron chi connectivity index (χ3n) is 0.211. The zero-order valence-electron chi connectivity index (χ0n) is 3.43. The van der Waals surface area contributed by atoms with Crippen molar-refractivity contribution in [3.8, 4) is 0 Å². The van der Waals surface area contributed by atoms with Gasteiger partial charge in [-0.15, -0.1) is 0 Å². The largest absolute Gasteiger partial charge is 0.165 e. The smallest absolute Gasteiger partial charge is 0.0196 e. The molecule has 32 valence electrons. The van der Waals surface area contributed by atoms with Crippen LogP contribution in [0, 0.1) is 0 Å². The molecule has 0 saturated carbocycles. The topological polar surface area (TPSA) is 0 Å². The van der Waals surface area contributed by atoms with Crippen LogP contribution in [0.2, 0.25) is 0 Å². The highest BCUT2D eigenvalue weighted by Gasteiger charge is 1.58. The molecule has 0 heterocycles. The summed E-state index contributed by atoms with van der Waals surface area (Å²) in [4.78, 5) is 0. The summed E-state index contributed by atoms with van der Waals surface area (Å²) in [5.41, 5.74) is 0. The fourth-order valence-corrected chi connectivity index (χ4v) is 0. The van der Waals surface area contributed by atoms with E-state index in [9.17, 15) is 0 Å². The molecular formula is C2H8P2S. The second kappa shape index (κ2) is 3.28. The van der Waals surface area contributed by atoms with E-state index in [1.807, 2.05) is 0 Å². The van der Waals surface area contributed by atoms with Crippen molar-refractivity contribution in [1.29, 1.82) is 0 Å². The molecule has 0 amide bonds. The van der Waals surface area contributed by atoms with E-state index in [4.69, 9.17) is 0 Å². The highest BCUT2D eigenvalue weighted by Crippen LogP contribution is 2.09. The van der Waals surface area contributed by atoms with E-state index in [1.165, 1.54) is 7.04 Å². The Labute approximate surface area is 39.2 Å². The maximum absolute atomic E-state index is 2.68. The van der Waals surface area contributed by atoms with Gasteiger partial charge in [-0.2, -0.15) is 10.1 Å². The van der Waals surface area contributed by atoms with Gasteiger partial charge in [-0.3, -0.25) is 0 Å². The van der Waals surface area contributed by atoms with E-state index < -0.39 is 0 Å². The maximum Gasteiger partial charge on any atom is -0.0196 e. The molecule has 0 N–H and O–H groups in total. The summed E-state index contributed by atoms with van der Waals surface area (Å²) in [6, 6.07) is 0. The van der Waals surface area contributed by atoms with Gasteiger partial charge in [0.2, 0.25) is 0 Å². The van der Waals surface area contributed by atoms with Crippen molar-refractivity contribution in [2.75, 3.05) is 12.5 Å². The monoisotopic (exact) mass is 126 g/mol. The first-order chi connectivity index (χ1) is 2.27. The molecule has 0 fully saturated rings. The first-order valence-corrected chi connectivity index (χ1v) is 6.42. The summed E-state index contributed by atoms with van der Waals surface area (Å²) in [5.74, 6) is 0. The first kappa shape index (κ1) is 6.08. The molecule has 0 aromatic heterocycles. The van der Waals surface area contributed by atoms with Gasteiger partial charge in [0.15, 0.2) is 0 Å². The summed E-state index contributed by atoms with van der Waals surface area (Å²) in [7, 11) is 4.73. The number of hydrogen-bond acceptors (Lipinski definition) is 0. The summed E-state index contributed by atoms with van der Waals surface area (Å²) < 4.78 is 0. The Kier molecular flexibility index (Phi) is 3.98. The Morgan fingerprint density at radius 3 is 1.80 bits per heavy atom. The molecule has 0 radical (unpaired) electrons. The van der Waals surface area contributed by atoms with E-state index in [1.54, 1.807) is 0 Å². The quantitative estimate of drug-likeness (QED) is 0.431. The van der Waals surface area contributed by atoms with Gasteiger partial charge in [0.25, 0.3) is 0 Å². The minimum atomic E-state index is 0.613. The molecular weight excluding hydrogens is 118 g/mol. The second-order valence-corrected chi connectivity index (χ2v) is 7.36. The zero-order chi connectivity index (χ0) is 4.28. The molecule has 0 aliphatic carbocycles. The standard InChI is InChI=1S/C2H8P2S/c1-5(2)4-3/h3H2,1-2H3. The Bertz CT molecular complexity index is 45.6. The van der Waals surface area contributed by atoms with Crippen LogP contribution in [0.25, 0.3) is 0 Å². The summed E-state index contributed by atoms with van der Waals surface area (Å²) >= 11 is 0. The van der Waals surface area contributed by atoms with Gasteiger partial charge in [-0.1, -0.05) is 16.0 Å². The first-order valence-electron chi connectivity index (χ1n) is 1.26. The van der Waals surface area contributed by atoms with E-state index in [-0.39, 0.29) is 0 Å². The van der Waals surface area contributed by atoms with Gasteiger partial charge in [0, 0.05) is 0 Å². The molecule has 1 atom stereocenters. The molecule has 0 aliphatic rings. The van der Waals surface area contributed by atoms with Crippen LogP contribution >= 0.6 is 16.0 Å². The Morgan fingerprint density at radius 1 is 1.60 bits per heavy atom. The summed E-state index contributed by atoms with van der Waals surface area (Å²) in [6.45, 7) is 0. The SMILES string of the molecule is CS(C)=PP. The van der Waals surface area contributed by atoms with Crippen LogP contribution in [-0.4, -0.2) is 12.5 Å². The molecule has 0 aliphatic heterocycles. The molecule has 0 bridgehead atoms. The van der Waals surface area contributed by atoms with Crippen molar-refractivity contribution in [2.24, 2.45) is 0 Å². The Balaban J connectivity index is 3.14. The van der Waals surface area contributed by atoms with E-state index in [2.05, 4.69) is 21.4 Å².